The molecule has 228 valence electrons. The molecule has 43 heavy (non-hydrogen) atoms. The smallest absolute Gasteiger partial charge is 0.420 e. The molecular weight excluding hydrogens is 554 g/mol. The molecule has 0 aromatic heterocycles. The standard InChI is InChI=1S/C31H37N5O7/c32-18-8-7-13-27(29(39)34-26(28(38)35-33)19-22-14-16-25(37)17-15-22)36(30(40)42-20-23-9-3-1-4-10-23)31(41)43-21-24-11-5-2-6-12-24/h1-6,9-12,14-17,26-27,37H,7-8,13,18-21,32-33H2,(H,34,39)(H,35,38)/t26-,27-/m0/s1. The highest BCUT2D eigenvalue weighted by molar-refractivity contribution is 5.97. The zero-order valence-corrected chi connectivity index (χ0v) is 23.7. The van der Waals surface area contributed by atoms with Gasteiger partial charge in [-0.15, -0.1) is 0 Å². The number of ether oxygens (including phenoxy) is 2. The lowest BCUT2D eigenvalue weighted by molar-refractivity contribution is -0.131. The van der Waals surface area contributed by atoms with Gasteiger partial charge in [0.2, 0.25) is 5.91 Å². The molecule has 0 aliphatic rings. The van der Waals surface area contributed by atoms with Crippen molar-refractivity contribution in [3.8, 4) is 5.75 Å². The van der Waals surface area contributed by atoms with Gasteiger partial charge in [0.15, 0.2) is 0 Å². The van der Waals surface area contributed by atoms with Crippen molar-refractivity contribution in [2.24, 2.45) is 11.6 Å². The molecule has 0 saturated heterocycles. The Bertz CT molecular complexity index is 1270. The maximum Gasteiger partial charge on any atom is 0.420 e. The van der Waals surface area contributed by atoms with Crippen LogP contribution in [0.25, 0.3) is 0 Å². The zero-order chi connectivity index (χ0) is 31.0. The number of nitrogens with two attached hydrogens (primary N) is 2. The molecule has 0 fully saturated rings. The summed E-state index contributed by atoms with van der Waals surface area (Å²) in [4.78, 5) is 53.9. The van der Waals surface area contributed by atoms with E-state index in [4.69, 9.17) is 21.1 Å². The van der Waals surface area contributed by atoms with Crippen molar-refractivity contribution in [1.82, 2.24) is 15.6 Å². The van der Waals surface area contributed by atoms with E-state index in [1.54, 1.807) is 60.7 Å². The van der Waals surface area contributed by atoms with Gasteiger partial charge in [-0.1, -0.05) is 72.8 Å². The van der Waals surface area contributed by atoms with E-state index in [1.807, 2.05) is 17.6 Å². The molecule has 3 aromatic rings. The number of nitrogens with zero attached hydrogens (tertiary/aromatic N) is 1. The van der Waals surface area contributed by atoms with Crippen molar-refractivity contribution < 1.29 is 33.8 Å². The molecule has 3 aromatic carbocycles. The highest BCUT2D eigenvalue weighted by Gasteiger charge is 2.38. The topological polar surface area (TPSA) is 186 Å². The van der Waals surface area contributed by atoms with E-state index in [2.05, 4.69) is 5.32 Å². The van der Waals surface area contributed by atoms with Crippen molar-refractivity contribution in [3.05, 3.63) is 102 Å². The molecular formula is C31H37N5O7. The number of rotatable bonds is 14. The summed E-state index contributed by atoms with van der Waals surface area (Å²) in [6.07, 6.45) is -1.24. The second-order valence-electron chi connectivity index (χ2n) is 9.69. The summed E-state index contributed by atoms with van der Waals surface area (Å²) in [5.41, 5.74) is 9.66. The normalized spacial score (nSPS) is 12.0. The van der Waals surface area contributed by atoms with Crippen LogP contribution in [0.1, 0.15) is 36.0 Å². The van der Waals surface area contributed by atoms with Crippen LogP contribution in [0, 0.1) is 0 Å². The van der Waals surface area contributed by atoms with Crippen LogP contribution < -0.4 is 22.3 Å². The highest BCUT2D eigenvalue weighted by Crippen LogP contribution is 2.17. The van der Waals surface area contributed by atoms with Crippen LogP contribution >= 0.6 is 0 Å². The van der Waals surface area contributed by atoms with Gasteiger partial charge in [-0.05, 0) is 54.6 Å². The van der Waals surface area contributed by atoms with Crippen LogP contribution in [0.15, 0.2) is 84.9 Å². The van der Waals surface area contributed by atoms with Crippen molar-refractivity contribution in [3.63, 3.8) is 0 Å². The van der Waals surface area contributed by atoms with Gasteiger partial charge in [-0.3, -0.25) is 15.0 Å². The molecule has 0 bridgehead atoms. The molecule has 0 aliphatic carbocycles. The summed E-state index contributed by atoms with van der Waals surface area (Å²) in [6.45, 7) is 0.0149. The Morgan fingerprint density at radius 1 is 0.744 bits per heavy atom. The molecule has 0 spiro atoms. The number of unbranched alkanes of at least 4 members (excludes halogenated alkanes) is 1. The van der Waals surface area contributed by atoms with Crippen LogP contribution in [0.2, 0.25) is 0 Å². The van der Waals surface area contributed by atoms with Gasteiger partial charge in [-0.2, -0.15) is 4.90 Å². The van der Waals surface area contributed by atoms with Crippen molar-refractivity contribution >= 4 is 24.0 Å². The number of phenols is 1. The van der Waals surface area contributed by atoms with E-state index in [1.165, 1.54) is 12.1 Å². The molecule has 12 heteroatoms. The maximum absolute atomic E-state index is 13.8. The Labute approximate surface area is 249 Å². The number of hydrogen-bond acceptors (Lipinski definition) is 9. The SMILES string of the molecule is NCCCC[C@@H](C(=O)N[C@@H](Cc1ccc(O)cc1)C(=O)NN)N(C(=O)OCc1ccccc1)C(=O)OCc1ccccc1. The predicted octanol–water partition coefficient (Wildman–Crippen LogP) is 2.88. The average Bonchev–Trinajstić information content (AvgIpc) is 3.03. The summed E-state index contributed by atoms with van der Waals surface area (Å²) in [5, 5.41) is 12.2. The molecule has 12 nitrogen and oxygen atoms in total. The van der Waals surface area contributed by atoms with E-state index in [9.17, 15) is 24.3 Å². The zero-order valence-electron chi connectivity index (χ0n) is 23.7. The van der Waals surface area contributed by atoms with Gasteiger partial charge in [-0.25, -0.2) is 15.4 Å². The predicted molar refractivity (Wildman–Crippen MR) is 158 cm³/mol. The minimum atomic E-state index is -1.40. The summed E-state index contributed by atoms with van der Waals surface area (Å²) >= 11 is 0. The first kappa shape index (κ1) is 32.6. The molecule has 7 N–H and O–H groups in total. The van der Waals surface area contributed by atoms with Gasteiger partial charge in [0.25, 0.3) is 5.91 Å². The largest absolute Gasteiger partial charge is 0.508 e. The summed E-state index contributed by atoms with van der Waals surface area (Å²) in [6, 6.07) is 21.2. The minimum Gasteiger partial charge on any atom is -0.508 e. The lowest BCUT2D eigenvalue weighted by Gasteiger charge is -2.29. The molecule has 0 aliphatic heterocycles. The van der Waals surface area contributed by atoms with Crippen molar-refractivity contribution in [2.45, 2.75) is 51.0 Å². The first-order chi connectivity index (χ1) is 20.8. The Hall–Kier alpha value is -4.94. The Kier molecular flexibility index (Phi) is 13.0. The summed E-state index contributed by atoms with van der Waals surface area (Å²) < 4.78 is 10.9. The summed E-state index contributed by atoms with van der Waals surface area (Å²) in [5.74, 6) is 3.92. The van der Waals surface area contributed by atoms with Gasteiger partial charge in [0.1, 0.15) is 31.0 Å². The Morgan fingerprint density at radius 3 is 1.77 bits per heavy atom. The van der Waals surface area contributed by atoms with Gasteiger partial charge in [0, 0.05) is 6.42 Å². The lowest BCUT2D eigenvalue weighted by Crippen LogP contribution is -2.57. The third-order valence-corrected chi connectivity index (χ3v) is 6.50. The molecule has 2 atom stereocenters. The van der Waals surface area contributed by atoms with E-state index in [0.29, 0.717) is 41.0 Å². The number of hydrazine groups is 1. The first-order valence-electron chi connectivity index (χ1n) is 13.8. The number of carbonyl (C=O) groups is 4. The molecule has 0 unspecified atom stereocenters. The maximum atomic E-state index is 13.8. The minimum absolute atomic E-state index is 0.0154. The number of carbonyl (C=O) groups excluding carboxylic acids is 4. The van der Waals surface area contributed by atoms with Gasteiger partial charge in [0.05, 0.1) is 0 Å². The number of benzene rings is 3. The number of nitrogens with one attached hydrogen (secondary N) is 2. The van der Waals surface area contributed by atoms with Gasteiger partial charge >= 0.3 is 12.2 Å². The van der Waals surface area contributed by atoms with E-state index in [0.717, 1.165) is 0 Å². The number of phenolic OH excluding ortho intramolecular Hbond substituents is 1. The quantitative estimate of drug-likeness (QED) is 0.0813. The fourth-order valence-corrected chi connectivity index (χ4v) is 4.21. The van der Waals surface area contributed by atoms with Crippen LogP contribution in [0.4, 0.5) is 9.59 Å². The van der Waals surface area contributed by atoms with E-state index in [-0.39, 0.29) is 31.8 Å². The number of hydrogen-bond donors (Lipinski definition) is 5. The Balaban J connectivity index is 1.88. The highest BCUT2D eigenvalue weighted by atomic mass is 16.6. The second kappa shape index (κ2) is 17.1. The van der Waals surface area contributed by atoms with E-state index >= 15 is 0 Å². The van der Waals surface area contributed by atoms with Crippen LogP contribution in [-0.2, 0) is 38.7 Å². The molecule has 3 rings (SSSR count). The fourth-order valence-electron chi connectivity index (χ4n) is 4.21. The third-order valence-electron chi connectivity index (χ3n) is 6.50. The third kappa shape index (κ3) is 10.4. The number of imide groups is 1. The van der Waals surface area contributed by atoms with Crippen molar-refractivity contribution in [1.29, 1.82) is 0 Å². The molecule has 4 amide bonds. The molecule has 0 saturated carbocycles. The Morgan fingerprint density at radius 2 is 1.28 bits per heavy atom. The molecule has 0 heterocycles. The van der Waals surface area contributed by atoms with Crippen molar-refractivity contribution in [2.75, 3.05) is 6.54 Å². The summed E-state index contributed by atoms with van der Waals surface area (Å²) in [7, 11) is 0. The van der Waals surface area contributed by atoms with Crippen LogP contribution in [0.3, 0.4) is 0 Å². The van der Waals surface area contributed by atoms with Crippen LogP contribution in [-0.4, -0.2) is 52.6 Å². The number of aromatic hydroxyl groups is 1. The average molecular weight is 592 g/mol. The first-order valence-corrected chi connectivity index (χ1v) is 13.8. The van der Waals surface area contributed by atoms with E-state index < -0.39 is 36.1 Å². The lowest BCUT2D eigenvalue weighted by atomic mass is 10.0. The fraction of sp³-hybridized carbons (Fsp3) is 0.290. The van der Waals surface area contributed by atoms with Crippen LogP contribution in [0.5, 0.6) is 5.75 Å². The van der Waals surface area contributed by atoms with Gasteiger partial charge < -0.3 is 25.6 Å². The second-order valence-corrected chi connectivity index (χ2v) is 9.69. The number of amides is 4. The monoisotopic (exact) mass is 591 g/mol. The molecule has 0 radical (unpaired) electrons.